The van der Waals surface area contributed by atoms with Crippen LogP contribution in [0.15, 0.2) is 47.4 Å². The van der Waals surface area contributed by atoms with Crippen LogP contribution < -0.4 is 10.2 Å². The minimum atomic E-state index is -1.50. The van der Waals surface area contributed by atoms with Crippen molar-refractivity contribution in [1.82, 2.24) is 4.57 Å². The lowest BCUT2D eigenvalue weighted by Gasteiger charge is -2.14. The average Bonchev–Trinajstić information content (AvgIpc) is 2.60. The molecule has 0 saturated carbocycles. The molecule has 128 valence electrons. The van der Waals surface area contributed by atoms with Crippen LogP contribution in [0.4, 0.5) is 8.78 Å². The van der Waals surface area contributed by atoms with Gasteiger partial charge in [-0.25, -0.2) is 13.6 Å². The van der Waals surface area contributed by atoms with Gasteiger partial charge in [-0.05, 0) is 29.8 Å². The Bertz CT molecular complexity index is 1030. The zero-order chi connectivity index (χ0) is 18.1. The monoisotopic (exact) mass is 345 g/mol. The van der Waals surface area contributed by atoms with Crippen molar-refractivity contribution in [2.45, 2.75) is 6.54 Å². The molecule has 7 heteroatoms. The molecule has 0 unspecified atom stereocenters. The smallest absolute Gasteiger partial charge is 0.341 e. The molecule has 3 aromatic rings. The minimum absolute atomic E-state index is 0.0570. The molecule has 0 bridgehead atoms. The van der Waals surface area contributed by atoms with Crippen molar-refractivity contribution in [3.63, 3.8) is 0 Å². The Kier molecular flexibility index (Phi) is 4.22. The first kappa shape index (κ1) is 16.6. The summed E-state index contributed by atoms with van der Waals surface area (Å²) in [4.78, 5) is 23.5. The number of carbonyl (C=O) groups is 1. The Labute approximate surface area is 140 Å². The fourth-order valence-electron chi connectivity index (χ4n) is 2.66. The van der Waals surface area contributed by atoms with Crippen molar-refractivity contribution in [3.05, 3.63) is 75.6 Å². The normalized spacial score (nSPS) is 10.8. The number of methoxy groups -OCH3 is 1. The van der Waals surface area contributed by atoms with Crippen LogP contribution >= 0.6 is 0 Å². The highest BCUT2D eigenvalue weighted by Gasteiger charge is 2.20. The van der Waals surface area contributed by atoms with Gasteiger partial charge in [-0.15, -0.1) is 0 Å². The maximum absolute atomic E-state index is 14.3. The topological polar surface area (TPSA) is 68.5 Å². The van der Waals surface area contributed by atoms with Crippen LogP contribution in [0, 0.1) is 11.6 Å². The van der Waals surface area contributed by atoms with E-state index in [-0.39, 0.29) is 12.1 Å². The standard InChI is InChI=1S/C18H13F2NO4/c1-25-11-4-2-10(3-5-11)8-21-9-12(18(23)24)17(22)15-13(19)6-7-14(20)16(15)21/h2-7,9H,8H2,1H3,(H,23,24). The van der Waals surface area contributed by atoms with Gasteiger partial charge in [0.15, 0.2) is 0 Å². The van der Waals surface area contributed by atoms with Crippen LogP contribution in [0.1, 0.15) is 15.9 Å². The van der Waals surface area contributed by atoms with Crippen LogP contribution in [-0.4, -0.2) is 22.8 Å². The molecule has 0 saturated heterocycles. The van der Waals surface area contributed by atoms with Crippen LogP contribution in [0.5, 0.6) is 5.75 Å². The van der Waals surface area contributed by atoms with Gasteiger partial charge in [0.25, 0.3) is 0 Å². The van der Waals surface area contributed by atoms with Crippen LogP contribution in [0.3, 0.4) is 0 Å². The number of nitrogens with zero attached hydrogens (tertiary/aromatic N) is 1. The van der Waals surface area contributed by atoms with Gasteiger partial charge in [-0.1, -0.05) is 12.1 Å². The Morgan fingerprint density at radius 3 is 2.36 bits per heavy atom. The Morgan fingerprint density at radius 1 is 1.12 bits per heavy atom. The second kappa shape index (κ2) is 6.35. The average molecular weight is 345 g/mol. The van der Waals surface area contributed by atoms with Crippen molar-refractivity contribution in [1.29, 1.82) is 0 Å². The van der Waals surface area contributed by atoms with E-state index in [0.717, 1.165) is 18.3 Å². The number of aromatic nitrogens is 1. The van der Waals surface area contributed by atoms with Gasteiger partial charge in [0.2, 0.25) is 5.43 Å². The lowest BCUT2D eigenvalue weighted by molar-refractivity contribution is 0.0695. The van der Waals surface area contributed by atoms with Crippen LogP contribution in [-0.2, 0) is 6.54 Å². The first-order valence-corrected chi connectivity index (χ1v) is 7.29. The molecule has 2 aromatic carbocycles. The molecule has 1 heterocycles. The highest BCUT2D eigenvalue weighted by atomic mass is 19.1. The molecule has 5 nitrogen and oxygen atoms in total. The van der Waals surface area contributed by atoms with Gasteiger partial charge in [0.1, 0.15) is 22.9 Å². The lowest BCUT2D eigenvalue weighted by Crippen LogP contribution is -2.21. The van der Waals surface area contributed by atoms with E-state index in [1.165, 1.54) is 11.7 Å². The number of rotatable bonds is 4. The van der Waals surface area contributed by atoms with Crippen molar-refractivity contribution in [3.8, 4) is 5.75 Å². The number of benzene rings is 2. The molecule has 0 spiro atoms. The van der Waals surface area contributed by atoms with Gasteiger partial charge in [-0.2, -0.15) is 0 Å². The van der Waals surface area contributed by atoms with E-state index in [4.69, 9.17) is 4.74 Å². The SMILES string of the molecule is COc1ccc(Cn2cc(C(=O)O)c(=O)c3c(F)ccc(F)c32)cc1. The van der Waals surface area contributed by atoms with E-state index in [1.807, 2.05) is 0 Å². The number of carboxylic acids is 1. The van der Waals surface area contributed by atoms with Gasteiger partial charge < -0.3 is 14.4 Å². The van der Waals surface area contributed by atoms with Crippen LogP contribution in [0.2, 0.25) is 0 Å². The predicted molar refractivity (Wildman–Crippen MR) is 87.2 cm³/mol. The summed E-state index contributed by atoms with van der Waals surface area (Å²) in [6, 6.07) is 8.51. The van der Waals surface area contributed by atoms with Gasteiger partial charge in [0, 0.05) is 12.7 Å². The van der Waals surface area contributed by atoms with Gasteiger partial charge >= 0.3 is 5.97 Å². The highest BCUT2D eigenvalue weighted by molar-refractivity contribution is 5.92. The number of halogens is 2. The summed E-state index contributed by atoms with van der Waals surface area (Å²) in [5.74, 6) is -2.65. The Balaban J connectivity index is 2.25. The number of carboxylic acid groups (broad SMARTS) is 1. The Morgan fingerprint density at radius 2 is 1.76 bits per heavy atom. The molecule has 0 aliphatic heterocycles. The Hall–Kier alpha value is -3.22. The summed E-state index contributed by atoms with van der Waals surface area (Å²) in [5.41, 5.74) is -1.24. The van der Waals surface area contributed by atoms with Crippen LogP contribution in [0.25, 0.3) is 10.9 Å². The van der Waals surface area contributed by atoms with Crippen molar-refractivity contribution in [2.24, 2.45) is 0 Å². The van der Waals surface area contributed by atoms with Crippen molar-refractivity contribution in [2.75, 3.05) is 7.11 Å². The first-order chi connectivity index (χ1) is 11.9. The third-order valence-corrected chi connectivity index (χ3v) is 3.86. The van der Waals surface area contributed by atoms with Crippen molar-refractivity contribution >= 4 is 16.9 Å². The van der Waals surface area contributed by atoms with E-state index < -0.39 is 34.0 Å². The zero-order valence-corrected chi connectivity index (χ0v) is 13.1. The quantitative estimate of drug-likeness (QED) is 0.789. The molecule has 0 radical (unpaired) electrons. The molecule has 1 aromatic heterocycles. The molecule has 25 heavy (non-hydrogen) atoms. The summed E-state index contributed by atoms with van der Waals surface area (Å²) in [6.07, 6.45) is 1.03. The second-order valence-electron chi connectivity index (χ2n) is 5.41. The molecule has 0 amide bonds. The van der Waals surface area contributed by atoms with Crippen molar-refractivity contribution < 1.29 is 23.4 Å². The third kappa shape index (κ3) is 2.96. The van der Waals surface area contributed by atoms with E-state index in [1.54, 1.807) is 24.3 Å². The zero-order valence-electron chi connectivity index (χ0n) is 13.1. The van der Waals surface area contributed by atoms with E-state index in [9.17, 15) is 23.5 Å². The van der Waals surface area contributed by atoms with Gasteiger partial charge in [0.05, 0.1) is 18.0 Å². The molecule has 1 N–H and O–H groups in total. The number of ether oxygens (including phenoxy) is 1. The summed E-state index contributed by atoms with van der Waals surface area (Å²) in [5, 5.41) is 8.62. The van der Waals surface area contributed by atoms with E-state index in [2.05, 4.69) is 0 Å². The molecular weight excluding hydrogens is 332 g/mol. The number of hydrogen-bond donors (Lipinski definition) is 1. The molecular formula is C18H13F2NO4. The number of hydrogen-bond acceptors (Lipinski definition) is 3. The third-order valence-electron chi connectivity index (χ3n) is 3.86. The summed E-state index contributed by atoms with van der Waals surface area (Å²) < 4.78 is 34.6. The molecule has 3 rings (SSSR count). The number of aromatic carboxylic acids is 1. The fourth-order valence-corrected chi connectivity index (χ4v) is 2.66. The molecule has 0 aliphatic carbocycles. The molecule has 0 atom stereocenters. The number of pyridine rings is 1. The predicted octanol–water partition coefficient (Wildman–Crippen LogP) is 3.03. The summed E-state index contributed by atoms with van der Waals surface area (Å²) in [7, 11) is 1.52. The minimum Gasteiger partial charge on any atom is -0.497 e. The lowest BCUT2D eigenvalue weighted by atomic mass is 10.1. The summed E-state index contributed by atoms with van der Waals surface area (Å²) >= 11 is 0. The first-order valence-electron chi connectivity index (χ1n) is 7.29. The second-order valence-corrected chi connectivity index (χ2v) is 5.41. The summed E-state index contributed by atoms with van der Waals surface area (Å²) in [6.45, 7) is 0.0570. The highest BCUT2D eigenvalue weighted by Crippen LogP contribution is 2.21. The van der Waals surface area contributed by atoms with E-state index >= 15 is 0 Å². The van der Waals surface area contributed by atoms with E-state index in [0.29, 0.717) is 11.3 Å². The molecule has 0 fully saturated rings. The number of fused-ring (bicyclic) bond motifs is 1. The maximum atomic E-state index is 14.3. The van der Waals surface area contributed by atoms with Gasteiger partial charge in [-0.3, -0.25) is 4.79 Å². The maximum Gasteiger partial charge on any atom is 0.341 e. The fraction of sp³-hybridized carbons (Fsp3) is 0.111. The largest absolute Gasteiger partial charge is 0.497 e. The molecule has 0 aliphatic rings.